The Morgan fingerprint density at radius 2 is 1.64 bits per heavy atom. The highest BCUT2D eigenvalue weighted by atomic mass is 32.2. The molecule has 0 bridgehead atoms. The predicted octanol–water partition coefficient (Wildman–Crippen LogP) is 4.37. The van der Waals surface area contributed by atoms with Gasteiger partial charge in [0, 0.05) is 43.8 Å². The number of nitrogens with one attached hydrogen (secondary N) is 2. The number of anilines is 4. The molecule has 10 heteroatoms. The van der Waals surface area contributed by atoms with Crippen LogP contribution in [0.15, 0.2) is 59.6 Å². The first-order chi connectivity index (χ1) is 18.8. The molecule has 2 aliphatic heterocycles. The summed E-state index contributed by atoms with van der Waals surface area (Å²) < 4.78 is 29.2. The zero-order chi connectivity index (χ0) is 27.4. The average molecular weight is 550 g/mol. The second-order valence-electron chi connectivity index (χ2n) is 10.5. The van der Waals surface area contributed by atoms with Gasteiger partial charge in [0.15, 0.2) is 0 Å². The highest BCUT2D eigenvalue weighted by Crippen LogP contribution is 2.26. The molecule has 2 aliphatic rings. The summed E-state index contributed by atoms with van der Waals surface area (Å²) in [4.78, 5) is 13.9. The number of hydrogen-bond donors (Lipinski definition) is 2. The molecule has 2 aromatic carbocycles. The van der Waals surface area contributed by atoms with Crippen molar-refractivity contribution in [3.05, 3.63) is 65.9 Å². The number of aromatic nitrogens is 2. The third kappa shape index (κ3) is 6.58. The predicted molar refractivity (Wildman–Crippen MR) is 156 cm³/mol. The van der Waals surface area contributed by atoms with E-state index in [-0.39, 0.29) is 6.04 Å². The Morgan fingerprint density at radius 1 is 0.923 bits per heavy atom. The lowest BCUT2D eigenvalue weighted by Gasteiger charge is -2.44. The van der Waals surface area contributed by atoms with Crippen molar-refractivity contribution in [1.29, 1.82) is 0 Å². The Labute approximate surface area is 232 Å². The van der Waals surface area contributed by atoms with Gasteiger partial charge in [0.25, 0.3) is 0 Å². The lowest BCUT2D eigenvalue weighted by atomic mass is 10.1. The number of rotatable bonds is 11. The molecule has 5 rings (SSSR count). The summed E-state index contributed by atoms with van der Waals surface area (Å²) in [6.45, 7) is 12.2. The van der Waals surface area contributed by atoms with Gasteiger partial charge in [-0.25, -0.2) is 13.4 Å². The highest BCUT2D eigenvalue weighted by molar-refractivity contribution is 7.89. The molecule has 208 valence electrons. The molecule has 3 heterocycles. The van der Waals surface area contributed by atoms with Gasteiger partial charge < -0.3 is 20.4 Å². The van der Waals surface area contributed by atoms with Crippen molar-refractivity contribution in [1.82, 2.24) is 24.1 Å². The summed E-state index contributed by atoms with van der Waals surface area (Å²) >= 11 is 0. The molecule has 0 spiro atoms. The van der Waals surface area contributed by atoms with E-state index in [4.69, 9.17) is 0 Å². The van der Waals surface area contributed by atoms with Crippen LogP contribution in [0.25, 0.3) is 0 Å². The summed E-state index contributed by atoms with van der Waals surface area (Å²) in [5, 5.41) is 6.51. The van der Waals surface area contributed by atoms with E-state index >= 15 is 0 Å². The van der Waals surface area contributed by atoms with Crippen molar-refractivity contribution in [2.24, 2.45) is 0 Å². The molecule has 1 aromatic heterocycles. The Bertz CT molecular complexity index is 1370. The molecule has 2 saturated heterocycles. The average Bonchev–Trinajstić information content (AvgIpc) is 3.42. The van der Waals surface area contributed by atoms with Crippen LogP contribution in [0, 0.1) is 13.8 Å². The third-order valence-electron chi connectivity index (χ3n) is 7.78. The minimum Gasteiger partial charge on any atom is -0.340 e. The number of likely N-dealkylation sites (N-methyl/N-ethyl adjacent to an activating group) is 1. The van der Waals surface area contributed by atoms with Crippen LogP contribution in [0.3, 0.4) is 0 Å². The standard InChI is InChI=1S/C29H39N7O2S/c1-4-34-20-26(21-34)36(18-17-35-15-5-6-16-35)39(37,38)27-11-9-24(10-12-27)32-29-30-14-13-28(33-29)31-25-8-7-22(2)23(3)19-25/h7-14,19,26H,4-6,15-18,20-21H2,1-3H3,(H2,30,31,32,33). The van der Waals surface area contributed by atoms with E-state index in [2.05, 4.69) is 63.3 Å². The Morgan fingerprint density at radius 3 is 2.33 bits per heavy atom. The number of hydrogen-bond acceptors (Lipinski definition) is 8. The number of nitrogens with zero attached hydrogens (tertiary/aromatic N) is 5. The number of benzene rings is 2. The molecule has 0 saturated carbocycles. The van der Waals surface area contributed by atoms with E-state index in [1.165, 1.54) is 24.0 Å². The maximum Gasteiger partial charge on any atom is 0.243 e. The monoisotopic (exact) mass is 549 g/mol. The normalized spacial score (nSPS) is 16.9. The highest BCUT2D eigenvalue weighted by Gasteiger charge is 2.38. The fourth-order valence-electron chi connectivity index (χ4n) is 5.16. The van der Waals surface area contributed by atoms with Gasteiger partial charge >= 0.3 is 0 Å². The molecule has 0 atom stereocenters. The van der Waals surface area contributed by atoms with Crippen LogP contribution in [0.4, 0.5) is 23.1 Å². The largest absolute Gasteiger partial charge is 0.340 e. The van der Waals surface area contributed by atoms with Crippen LogP contribution < -0.4 is 10.6 Å². The van der Waals surface area contributed by atoms with E-state index in [1.54, 1.807) is 34.8 Å². The molecule has 39 heavy (non-hydrogen) atoms. The van der Waals surface area contributed by atoms with Crippen molar-refractivity contribution in [3.8, 4) is 0 Å². The molecule has 2 fully saturated rings. The van der Waals surface area contributed by atoms with Gasteiger partial charge in [-0.05, 0) is 99.9 Å². The molecule has 0 amide bonds. The van der Waals surface area contributed by atoms with Crippen LogP contribution in [0.2, 0.25) is 0 Å². The Balaban J connectivity index is 1.26. The molecule has 3 aromatic rings. The molecule has 9 nitrogen and oxygen atoms in total. The summed E-state index contributed by atoms with van der Waals surface area (Å²) in [5.41, 5.74) is 4.13. The van der Waals surface area contributed by atoms with Gasteiger partial charge in [-0.1, -0.05) is 13.0 Å². The van der Waals surface area contributed by atoms with E-state index in [9.17, 15) is 8.42 Å². The van der Waals surface area contributed by atoms with Gasteiger partial charge in [0.05, 0.1) is 10.9 Å². The Hall–Kier alpha value is -3.05. The quantitative estimate of drug-likeness (QED) is 0.364. The maximum absolute atomic E-state index is 13.7. The summed E-state index contributed by atoms with van der Waals surface area (Å²) in [6, 6.07) is 14.9. The fraction of sp³-hybridized carbons (Fsp3) is 0.448. The minimum atomic E-state index is -3.61. The van der Waals surface area contributed by atoms with Gasteiger partial charge in [-0.2, -0.15) is 9.29 Å². The summed E-state index contributed by atoms with van der Waals surface area (Å²) in [6.07, 6.45) is 4.08. The van der Waals surface area contributed by atoms with Crippen molar-refractivity contribution in [2.45, 2.75) is 44.6 Å². The molecule has 0 radical (unpaired) electrons. The van der Waals surface area contributed by atoms with Crippen molar-refractivity contribution in [2.75, 3.05) is 56.4 Å². The molecule has 2 N–H and O–H groups in total. The van der Waals surface area contributed by atoms with Crippen LogP contribution in [0.5, 0.6) is 0 Å². The van der Waals surface area contributed by atoms with Crippen molar-refractivity contribution >= 4 is 33.2 Å². The van der Waals surface area contributed by atoms with E-state index in [0.717, 1.165) is 50.6 Å². The van der Waals surface area contributed by atoms with Gasteiger partial charge in [0.2, 0.25) is 16.0 Å². The van der Waals surface area contributed by atoms with Gasteiger partial charge in [-0.3, -0.25) is 0 Å². The SMILES string of the molecule is CCN1CC(N(CCN2CCCC2)S(=O)(=O)c2ccc(Nc3nccc(Nc4ccc(C)c(C)c4)n3)cc2)C1. The molecule has 0 unspecified atom stereocenters. The maximum atomic E-state index is 13.7. The van der Waals surface area contributed by atoms with Gasteiger partial charge in [0.1, 0.15) is 5.82 Å². The zero-order valence-corrected chi connectivity index (χ0v) is 23.9. The van der Waals surface area contributed by atoms with Crippen molar-refractivity contribution < 1.29 is 8.42 Å². The van der Waals surface area contributed by atoms with Crippen LogP contribution in [-0.4, -0.2) is 84.3 Å². The number of aryl methyl sites for hydroxylation is 2. The van der Waals surface area contributed by atoms with Crippen molar-refractivity contribution in [3.63, 3.8) is 0 Å². The fourth-order valence-corrected chi connectivity index (χ4v) is 6.76. The molecular weight excluding hydrogens is 510 g/mol. The smallest absolute Gasteiger partial charge is 0.243 e. The first-order valence-corrected chi connectivity index (χ1v) is 15.3. The first-order valence-electron chi connectivity index (χ1n) is 13.8. The minimum absolute atomic E-state index is 0.0244. The zero-order valence-electron chi connectivity index (χ0n) is 23.1. The van der Waals surface area contributed by atoms with Crippen LogP contribution in [-0.2, 0) is 10.0 Å². The second kappa shape index (κ2) is 12.0. The van der Waals surface area contributed by atoms with E-state index in [0.29, 0.717) is 23.2 Å². The number of likely N-dealkylation sites (tertiary alicyclic amines) is 2. The number of sulfonamides is 1. The first kappa shape index (κ1) is 27.5. The topological polar surface area (TPSA) is 93.7 Å². The van der Waals surface area contributed by atoms with Crippen LogP contribution in [0.1, 0.15) is 30.9 Å². The third-order valence-corrected chi connectivity index (χ3v) is 9.75. The molecular formula is C29H39N7O2S. The van der Waals surface area contributed by atoms with E-state index < -0.39 is 10.0 Å². The van der Waals surface area contributed by atoms with Crippen LogP contribution >= 0.6 is 0 Å². The summed E-state index contributed by atoms with van der Waals surface area (Å²) in [5.74, 6) is 1.10. The summed E-state index contributed by atoms with van der Waals surface area (Å²) in [7, 11) is -3.61. The lowest BCUT2D eigenvalue weighted by molar-refractivity contribution is 0.0805. The second-order valence-corrected chi connectivity index (χ2v) is 12.4. The Kier molecular flexibility index (Phi) is 8.46. The lowest BCUT2D eigenvalue weighted by Crippen LogP contribution is -2.61. The van der Waals surface area contributed by atoms with Gasteiger partial charge in [-0.15, -0.1) is 0 Å². The molecule has 0 aliphatic carbocycles. The van der Waals surface area contributed by atoms with E-state index in [1.807, 2.05) is 12.1 Å².